The number of hydrogen-bond donors (Lipinski definition) is 1. The van der Waals surface area contributed by atoms with Crippen molar-refractivity contribution in [2.45, 2.75) is 6.92 Å². The standard InChI is InChI=1S/C15H10BrFO4/c1-8(18)9-2-5-13(12(17)6-9)21-14-7-10(16)3-4-11(14)15(19)20/h2-7H,1H3,(H,19,20). The molecule has 2 aromatic carbocycles. The van der Waals surface area contributed by atoms with E-state index < -0.39 is 11.8 Å². The molecule has 4 nitrogen and oxygen atoms in total. The van der Waals surface area contributed by atoms with Crippen LogP contribution in [0.25, 0.3) is 0 Å². The second-order valence-electron chi connectivity index (χ2n) is 4.25. The van der Waals surface area contributed by atoms with E-state index in [4.69, 9.17) is 9.84 Å². The number of carbonyl (C=O) groups is 2. The molecule has 0 aliphatic rings. The Balaban J connectivity index is 2.40. The van der Waals surface area contributed by atoms with E-state index in [1.54, 1.807) is 6.07 Å². The minimum absolute atomic E-state index is 0.00588. The van der Waals surface area contributed by atoms with Gasteiger partial charge in [0.2, 0.25) is 0 Å². The quantitative estimate of drug-likeness (QED) is 0.834. The number of halogens is 2. The highest BCUT2D eigenvalue weighted by atomic mass is 79.9. The molecule has 1 N–H and O–H groups in total. The first kappa shape index (κ1) is 15.2. The lowest BCUT2D eigenvalue weighted by molar-refractivity contribution is 0.0693. The van der Waals surface area contributed by atoms with Crippen LogP contribution < -0.4 is 4.74 Å². The third-order valence-corrected chi connectivity index (χ3v) is 3.23. The highest BCUT2D eigenvalue weighted by molar-refractivity contribution is 9.10. The molecule has 2 aromatic rings. The van der Waals surface area contributed by atoms with E-state index in [9.17, 15) is 14.0 Å². The predicted octanol–water partition coefficient (Wildman–Crippen LogP) is 4.28. The molecule has 108 valence electrons. The van der Waals surface area contributed by atoms with Crippen LogP contribution in [0.3, 0.4) is 0 Å². The van der Waals surface area contributed by atoms with E-state index in [2.05, 4.69) is 15.9 Å². The van der Waals surface area contributed by atoms with Gasteiger partial charge in [-0.25, -0.2) is 9.18 Å². The highest BCUT2D eigenvalue weighted by Crippen LogP contribution is 2.30. The smallest absolute Gasteiger partial charge is 0.339 e. The molecule has 0 fully saturated rings. The maximum absolute atomic E-state index is 13.9. The van der Waals surface area contributed by atoms with Crippen molar-refractivity contribution >= 4 is 27.7 Å². The Kier molecular flexibility index (Phi) is 4.37. The molecule has 0 bridgehead atoms. The van der Waals surface area contributed by atoms with Gasteiger partial charge in [-0.2, -0.15) is 0 Å². The summed E-state index contributed by atoms with van der Waals surface area (Å²) in [5, 5.41) is 9.09. The molecule has 0 aromatic heterocycles. The first-order valence-electron chi connectivity index (χ1n) is 5.89. The van der Waals surface area contributed by atoms with Crippen LogP contribution in [0.2, 0.25) is 0 Å². The molecule has 0 saturated heterocycles. The SMILES string of the molecule is CC(=O)c1ccc(Oc2cc(Br)ccc2C(=O)O)c(F)c1. The Morgan fingerprint density at radius 2 is 1.86 bits per heavy atom. The number of aromatic carboxylic acids is 1. The lowest BCUT2D eigenvalue weighted by Crippen LogP contribution is -2.01. The number of benzene rings is 2. The van der Waals surface area contributed by atoms with Crippen molar-refractivity contribution < 1.29 is 23.8 Å². The van der Waals surface area contributed by atoms with Crippen LogP contribution in [0, 0.1) is 5.82 Å². The van der Waals surface area contributed by atoms with Crippen molar-refractivity contribution in [1.82, 2.24) is 0 Å². The molecule has 0 aliphatic heterocycles. The summed E-state index contributed by atoms with van der Waals surface area (Å²) in [6, 6.07) is 8.09. The number of carboxylic acids is 1. The molecule has 21 heavy (non-hydrogen) atoms. The highest BCUT2D eigenvalue weighted by Gasteiger charge is 2.15. The number of ketones is 1. The summed E-state index contributed by atoms with van der Waals surface area (Å²) in [6.45, 7) is 1.33. The molecule has 0 radical (unpaired) electrons. The zero-order valence-electron chi connectivity index (χ0n) is 10.9. The van der Waals surface area contributed by atoms with Gasteiger partial charge in [0.25, 0.3) is 0 Å². The van der Waals surface area contributed by atoms with E-state index in [-0.39, 0.29) is 28.4 Å². The number of ether oxygens (including phenoxy) is 1. The van der Waals surface area contributed by atoms with Crippen molar-refractivity contribution in [2.75, 3.05) is 0 Å². The lowest BCUT2D eigenvalue weighted by atomic mass is 10.1. The number of rotatable bonds is 4. The van der Waals surface area contributed by atoms with Crippen LogP contribution in [0.5, 0.6) is 11.5 Å². The van der Waals surface area contributed by atoms with Gasteiger partial charge >= 0.3 is 5.97 Å². The molecular weight excluding hydrogens is 343 g/mol. The van der Waals surface area contributed by atoms with Gasteiger partial charge in [-0.1, -0.05) is 15.9 Å². The largest absolute Gasteiger partial charge is 0.478 e. The van der Waals surface area contributed by atoms with Crippen molar-refractivity contribution in [2.24, 2.45) is 0 Å². The Morgan fingerprint density at radius 3 is 2.43 bits per heavy atom. The maximum atomic E-state index is 13.9. The fourth-order valence-corrected chi connectivity index (χ4v) is 2.02. The first-order chi connectivity index (χ1) is 9.88. The summed E-state index contributed by atoms with van der Waals surface area (Å²) in [6.07, 6.45) is 0. The number of Topliss-reactive ketones (excluding diaryl/α,β-unsaturated/α-hetero) is 1. The van der Waals surface area contributed by atoms with E-state index in [0.29, 0.717) is 4.47 Å². The average Bonchev–Trinajstić information content (AvgIpc) is 2.40. The van der Waals surface area contributed by atoms with Gasteiger partial charge in [-0.3, -0.25) is 4.79 Å². The second-order valence-corrected chi connectivity index (χ2v) is 5.16. The number of hydrogen-bond acceptors (Lipinski definition) is 3. The van der Waals surface area contributed by atoms with E-state index in [1.807, 2.05) is 0 Å². The van der Waals surface area contributed by atoms with Gasteiger partial charge < -0.3 is 9.84 Å². The zero-order valence-corrected chi connectivity index (χ0v) is 12.5. The Hall–Kier alpha value is -2.21. The second kappa shape index (κ2) is 6.05. The summed E-state index contributed by atoms with van der Waals surface area (Å²) in [5.41, 5.74) is 0.126. The van der Waals surface area contributed by atoms with E-state index in [0.717, 1.165) is 6.07 Å². The summed E-state index contributed by atoms with van der Waals surface area (Å²) < 4.78 is 19.8. The molecular formula is C15H10BrFO4. The van der Waals surface area contributed by atoms with Crippen LogP contribution >= 0.6 is 15.9 Å². The Morgan fingerprint density at radius 1 is 1.14 bits per heavy atom. The Bertz CT molecular complexity index is 728. The summed E-state index contributed by atoms with van der Waals surface area (Å²) in [4.78, 5) is 22.3. The van der Waals surface area contributed by atoms with E-state index in [1.165, 1.54) is 31.2 Å². The zero-order chi connectivity index (χ0) is 15.6. The van der Waals surface area contributed by atoms with Crippen LogP contribution in [0.15, 0.2) is 40.9 Å². The van der Waals surface area contributed by atoms with Gasteiger partial charge in [0, 0.05) is 10.0 Å². The normalized spacial score (nSPS) is 10.2. The number of carbonyl (C=O) groups excluding carboxylic acids is 1. The molecule has 0 saturated carbocycles. The first-order valence-corrected chi connectivity index (χ1v) is 6.69. The minimum atomic E-state index is -1.18. The predicted molar refractivity (Wildman–Crippen MR) is 77.6 cm³/mol. The lowest BCUT2D eigenvalue weighted by Gasteiger charge is -2.10. The fraction of sp³-hybridized carbons (Fsp3) is 0.0667. The monoisotopic (exact) mass is 352 g/mol. The molecule has 0 spiro atoms. The fourth-order valence-electron chi connectivity index (χ4n) is 1.68. The van der Waals surface area contributed by atoms with Gasteiger partial charge in [-0.15, -0.1) is 0 Å². The van der Waals surface area contributed by atoms with Crippen LogP contribution in [-0.2, 0) is 0 Å². The van der Waals surface area contributed by atoms with Gasteiger partial charge in [0.1, 0.15) is 11.3 Å². The molecule has 6 heteroatoms. The van der Waals surface area contributed by atoms with Crippen molar-refractivity contribution in [1.29, 1.82) is 0 Å². The molecule has 0 unspecified atom stereocenters. The van der Waals surface area contributed by atoms with Crippen LogP contribution in [0.1, 0.15) is 27.6 Å². The van der Waals surface area contributed by atoms with Crippen molar-refractivity contribution in [3.8, 4) is 11.5 Å². The number of carboxylic acid groups (broad SMARTS) is 1. The van der Waals surface area contributed by atoms with Crippen LogP contribution in [0.4, 0.5) is 4.39 Å². The summed E-state index contributed by atoms with van der Waals surface area (Å²) in [5.74, 6) is -2.33. The van der Waals surface area contributed by atoms with Crippen molar-refractivity contribution in [3.05, 3.63) is 57.8 Å². The third kappa shape index (κ3) is 3.46. The Labute approximate surface area is 128 Å². The maximum Gasteiger partial charge on any atom is 0.339 e. The van der Waals surface area contributed by atoms with Gasteiger partial charge in [0.15, 0.2) is 17.3 Å². The molecule has 0 aliphatic carbocycles. The topological polar surface area (TPSA) is 63.6 Å². The third-order valence-electron chi connectivity index (χ3n) is 2.73. The summed E-state index contributed by atoms with van der Waals surface area (Å²) >= 11 is 3.20. The van der Waals surface area contributed by atoms with Gasteiger partial charge in [0.05, 0.1) is 0 Å². The van der Waals surface area contributed by atoms with E-state index >= 15 is 0 Å². The average molecular weight is 353 g/mol. The molecule has 0 atom stereocenters. The van der Waals surface area contributed by atoms with Gasteiger partial charge in [-0.05, 0) is 43.3 Å². The van der Waals surface area contributed by atoms with Crippen LogP contribution in [-0.4, -0.2) is 16.9 Å². The molecule has 2 rings (SSSR count). The molecule has 0 amide bonds. The molecule has 0 heterocycles. The minimum Gasteiger partial charge on any atom is -0.478 e. The summed E-state index contributed by atoms with van der Waals surface area (Å²) in [7, 11) is 0. The van der Waals surface area contributed by atoms with Crippen molar-refractivity contribution in [3.63, 3.8) is 0 Å².